The van der Waals surface area contributed by atoms with Gasteiger partial charge in [-0.15, -0.1) is 0 Å². The van der Waals surface area contributed by atoms with Crippen LogP contribution in [0.1, 0.15) is 18.9 Å². The van der Waals surface area contributed by atoms with Crippen molar-refractivity contribution in [3.8, 4) is 0 Å². The monoisotopic (exact) mass is 232 g/mol. The molecule has 0 aliphatic heterocycles. The summed E-state index contributed by atoms with van der Waals surface area (Å²) in [5, 5.41) is 18.9. The zero-order valence-electron chi connectivity index (χ0n) is 10.3. The Kier molecular flexibility index (Phi) is 5.67. The highest BCUT2D eigenvalue weighted by Gasteiger charge is 2.11. The molecule has 0 heterocycles. The van der Waals surface area contributed by atoms with E-state index in [9.17, 15) is 5.11 Å². The van der Waals surface area contributed by atoms with Gasteiger partial charge in [0.25, 0.3) is 0 Å². The van der Waals surface area contributed by atoms with Crippen molar-refractivity contribution in [1.29, 1.82) is 0 Å². The number of aliphatic hydroxyl groups excluding tert-OH is 2. The molecular weight excluding hydrogens is 212 g/mol. The Morgan fingerprint density at radius 2 is 2.00 bits per heavy atom. The highest BCUT2D eigenvalue weighted by atomic mass is 16.3. The third kappa shape index (κ3) is 4.55. The van der Waals surface area contributed by atoms with Crippen molar-refractivity contribution in [2.45, 2.75) is 25.9 Å². The van der Waals surface area contributed by atoms with Gasteiger partial charge in [0.05, 0.1) is 12.7 Å². The van der Waals surface area contributed by atoms with Crippen molar-refractivity contribution in [2.24, 2.45) is 0 Å². The topological polar surface area (TPSA) is 40.5 Å². The number of aryl methyl sites for hydroxylation is 1. The van der Waals surface area contributed by atoms with Gasteiger partial charge in [-0.1, -0.05) is 48.6 Å². The van der Waals surface area contributed by atoms with Crippen molar-refractivity contribution in [3.63, 3.8) is 0 Å². The minimum Gasteiger partial charge on any atom is -0.392 e. The van der Waals surface area contributed by atoms with Crippen molar-refractivity contribution in [1.82, 2.24) is 0 Å². The molecule has 0 aliphatic rings. The first kappa shape index (κ1) is 13.7. The van der Waals surface area contributed by atoms with Crippen LogP contribution < -0.4 is 0 Å². The van der Waals surface area contributed by atoms with E-state index in [4.69, 9.17) is 5.11 Å². The fraction of sp³-hybridized carbons (Fsp3) is 0.333. The van der Waals surface area contributed by atoms with Crippen molar-refractivity contribution < 1.29 is 10.2 Å². The van der Waals surface area contributed by atoms with Crippen molar-refractivity contribution in [3.05, 3.63) is 59.7 Å². The molecule has 0 spiro atoms. The second-order valence-corrected chi connectivity index (χ2v) is 4.16. The minimum atomic E-state index is -0.556. The van der Waals surface area contributed by atoms with E-state index in [1.54, 1.807) is 6.08 Å². The lowest BCUT2D eigenvalue weighted by Crippen LogP contribution is -2.13. The largest absolute Gasteiger partial charge is 0.392 e. The maximum absolute atomic E-state index is 10.0. The molecule has 0 aliphatic carbocycles. The summed E-state index contributed by atoms with van der Waals surface area (Å²) in [6, 6.07) is 10.0. The third-order valence-corrected chi connectivity index (χ3v) is 2.71. The summed E-state index contributed by atoms with van der Waals surface area (Å²) in [5.41, 5.74) is 2.75. The van der Waals surface area contributed by atoms with Gasteiger partial charge in [-0.3, -0.25) is 0 Å². The number of benzene rings is 1. The number of hydrogen-bond donors (Lipinski definition) is 2. The molecule has 2 heteroatoms. The Hall–Kier alpha value is -1.38. The Bertz CT molecular complexity index is 379. The van der Waals surface area contributed by atoms with Crippen LogP contribution in [0.15, 0.2) is 54.1 Å². The summed E-state index contributed by atoms with van der Waals surface area (Å²) in [4.78, 5) is 0. The van der Waals surface area contributed by atoms with Crippen LogP contribution in [0.25, 0.3) is 0 Å². The fourth-order valence-corrected chi connectivity index (χ4v) is 1.80. The van der Waals surface area contributed by atoms with Crippen LogP contribution in [-0.2, 0) is 6.42 Å². The molecule has 0 fully saturated rings. The van der Waals surface area contributed by atoms with Crippen LogP contribution in [0.5, 0.6) is 0 Å². The van der Waals surface area contributed by atoms with Gasteiger partial charge in [0.1, 0.15) is 0 Å². The molecule has 1 unspecified atom stereocenters. The van der Waals surface area contributed by atoms with Gasteiger partial charge in [-0.05, 0) is 30.9 Å². The molecule has 0 saturated heterocycles. The molecule has 2 nitrogen and oxygen atoms in total. The fourth-order valence-electron chi connectivity index (χ4n) is 1.80. The van der Waals surface area contributed by atoms with Crippen LogP contribution in [0.4, 0.5) is 0 Å². The first-order valence-corrected chi connectivity index (χ1v) is 5.84. The first-order chi connectivity index (χ1) is 8.15. The number of hydrogen-bond acceptors (Lipinski definition) is 2. The van der Waals surface area contributed by atoms with Crippen LogP contribution in [0.3, 0.4) is 0 Å². The SMILES string of the molecule is C=C(C)/C(=C\CO)C(O)CCc1ccccc1. The predicted octanol–water partition coefficient (Wildman–Crippen LogP) is 2.47. The zero-order chi connectivity index (χ0) is 12.7. The Labute approximate surface area is 103 Å². The quantitative estimate of drug-likeness (QED) is 0.740. The van der Waals surface area contributed by atoms with Gasteiger partial charge in [0, 0.05) is 0 Å². The maximum Gasteiger partial charge on any atom is 0.0793 e. The summed E-state index contributed by atoms with van der Waals surface area (Å²) in [6.45, 7) is 5.59. The highest BCUT2D eigenvalue weighted by Crippen LogP contribution is 2.16. The van der Waals surface area contributed by atoms with Crippen LogP contribution >= 0.6 is 0 Å². The normalized spacial score (nSPS) is 13.5. The third-order valence-electron chi connectivity index (χ3n) is 2.71. The Balaban J connectivity index is 2.57. The molecule has 0 bridgehead atoms. The lowest BCUT2D eigenvalue weighted by molar-refractivity contribution is 0.201. The molecule has 1 atom stereocenters. The maximum atomic E-state index is 10.0. The summed E-state index contributed by atoms with van der Waals surface area (Å²) >= 11 is 0. The van der Waals surface area contributed by atoms with Crippen LogP contribution in [0.2, 0.25) is 0 Å². The van der Waals surface area contributed by atoms with Crippen LogP contribution in [0, 0.1) is 0 Å². The smallest absolute Gasteiger partial charge is 0.0793 e. The average molecular weight is 232 g/mol. The molecular formula is C15H20O2. The average Bonchev–Trinajstić information content (AvgIpc) is 2.34. The molecule has 0 saturated carbocycles. The van der Waals surface area contributed by atoms with E-state index in [0.717, 1.165) is 17.6 Å². The molecule has 1 aromatic rings. The predicted molar refractivity (Wildman–Crippen MR) is 70.8 cm³/mol. The lowest BCUT2D eigenvalue weighted by atomic mass is 9.97. The molecule has 2 N–H and O–H groups in total. The van der Waals surface area contributed by atoms with Gasteiger partial charge in [-0.2, -0.15) is 0 Å². The van der Waals surface area contributed by atoms with Gasteiger partial charge < -0.3 is 10.2 Å². The lowest BCUT2D eigenvalue weighted by Gasteiger charge is -2.15. The van der Waals surface area contributed by atoms with E-state index in [1.165, 1.54) is 5.56 Å². The van der Waals surface area contributed by atoms with Crippen molar-refractivity contribution >= 4 is 0 Å². The van der Waals surface area contributed by atoms with E-state index < -0.39 is 6.10 Å². The summed E-state index contributed by atoms with van der Waals surface area (Å²) in [5.74, 6) is 0. The molecule has 1 aromatic carbocycles. The summed E-state index contributed by atoms with van der Waals surface area (Å²) in [7, 11) is 0. The van der Waals surface area contributed by atoms with Crippen LogP contribution in [-0.4, -0.2) is 22.9 Å². The van der Waals surface area contributed by atoms with E-state index in [2.05, 4.69) is 6.58 Å². The number of aliphatic hydroxyl groups is 2. The minimum absolute atomic E-state index is 0.0649. The summed E-state index contributed by atoms with van der Waals surface area (Å²) < 4.78 is 0. The van der Waals surface area contributed by atoms with Gasteiger partial charge >= 0.3 is 0 Å². The van der Waals surface area contributed by atoms with E-state index in [-0.39, 0.29) is 6.61 Å². The second-order valence-electron chi connectivity index (χ2n) is 4.16. The molecule has 17 heavy (non-hydrogen) atoms. The van der Waals surface area contributed by atoms with Gasteiger partial charge in [0.15, 0.2) is 0 Å². The number of rotatable bonds is 6. The Morgan fingerprint density at radius 1 is 1.35 bits per heavy atom. The summed E-state index contributed by atoms with van der Waals surface area (Å²) in [6.07, 6.45) is 2.53. The van der Waals surface area contributed by atoms with Gasteiger partial charge in [-0.25, -0.2) is 0 Å². The molecule has 92 valence electrons. The second kappa shape index (κ2) is 7.05. The molecule has 1 rings (SSSR count). The highest BCUT2D eigenvalue weighted by molar-refractivity contribution is 5.30. The standard InChI is InChI=1S/C15H20O2/c1-12(2)14(10-11-16)15(17)9-8-13-6-4-3-5-7-13/h3-7,10,15-17H,1,8-9,11H2,2H3/b14-10+. The van der Waals surface area contributed by atoms with E-state index in [0.29, 0.717) is 6.42 Å². The van der Waals surface area contributed by atoms with E-state index in [1.807, 2.05) is 37.3 Å². The zero-order valence-corrected chi connectivity index (χ0v) is 10.3. The molecule has 0 aromatic heterocycles. The first-order valence-electron chi connectivity index (χ1n) is 5.84. The molecule has 0 amide bonds. The van der Waals surface area contributed by atoms with Gasteiger partial charge in [0.2, 0.25) is 0 Å². The van der Waals surface area contributed by atoms with Crippen molar-refractivity contribution in [2.75, 3.05) is 6.61 Å². The molecule has 0 radical (unpaired) electrons. The Morgan fingerprint density at radius 3 is 2.53 bits per heavy atom. The van der Waals surface area contributed by atoms with E-state index >= 15 is 0 Å².